The number of hydrogen-bond donors (Lipinski definition) is 1. The molecule has 4 heteroatoms. The second-order valence-electron chi connectivity index (χ2n) is 4.15. The fourth-order valence-electron chi connectivity index (χ4n) is 1.86. The van der Waals surface area contributed by atoms with Crippen LogP contribution in [-0.2, 0) is 4.74 Å². The first-order valence-corrected chi connectivity index (χ1v) is 5.94. The fourth-order valence-corrected chi connectivity index (χ4v) is 1.86. The molecule has 92 valence electrons. The number of ether oxygens (including phenoxy) is 1. The molecule has 1 aliphatic heterocycles. The summed E-state index contributed by atoms with van der Waals surface area (Å²) in [5.74, 6) is 0. The summed E-state index contributed by atoms with van der Waals surface area (Å²) in [6.07, 6.45) is 6.47. The van der Waals surface area contributed by atoms with Crippen LogP contribution >= 0.6 is 0 Å². The molecule has 4 nitrogen and oxygen atoms in total. The molecule has 16 heavy (non-hydrogen) atoms. The number of amides is 1. The second kappa shape index (κ2) is 7.28. The van der Waals surface area contributed by atoms with Crippen molar-refractivity contribution in [2.75, 3.05) is 19.7 Å². The van der Waals surface area contributed by atoms with Crippen molar-refractivity contribution in [1.29, 1.82) is 0 Å². The molecule has 0 aromatic carbocycles. The summed E-state index contributed by atoms with van der Waals surface area (Å²) < 4.78 is 5.63. The first-order chi connectivity index (χ1) is 7.74. The Balaban J connectivity index is 1.98. The van der Waals surface area contributed by atoms with E-state index in [9.17, 15) is 4.79 Å². The van der Waals surface area contributed by atoms with Gasteiger partial charge in [-0.2, -0.15) is 0 Å². The molecule has 0 aromatic rings. The Morgan fingerprint density at radius 2 is 2.31 bits per heavy atom. The van der Waals surface area contributed by atoms with Crippen molar-refractivity contribution in [2.24, 2.45) is 0 Å². The van der Waals surface area contributed by atoms with E-state index >= 15 is 0 Å². The van der Waals surface area contributed by atoms with Gasteiger partial charge in [0.25, 0.3) is 0 Å². The van der Waals surface area contributed by atoms with E-state index in [1.165, 1.54) is 11.3 Å². The molecule has 0 aromatic heterocycles. The van der Waals surface area contributed by atoms with Gasteiger partial charge >= 0.3 is 6.09 Å². The summed E-state index contributed by atoms with van der Waals surface area (Å²) in [6, 6.07) is 0. The van der Waals surface area contributed by atoms with E-state index in [1.807, 2.05) is 6.08 Å². The molecule has 0 bridgehead atoms. The predicted molar refractivity (Wildman–Crippen MR) is 62.6 cm³/mol. The van der Waals surface area contributed by atoms with E-state index in [-0.39, 0.29) is 6.10 Å². The van der Waals surface area contributed by atoms with Gasteiger partial charge < -0.3 is 14.7 Å². The quantitative estimate of drug-likeness (QED) is 0.537. The van der Waals surface area contributed by atoms with Gasteiger partial charge in [-0.1, -0.05) is 12.5 Å². The molecule has 0 saturated carbocycles. The Kier molecular flexibility index (Phi) is 5.93. The van der Waals surface area contributed by atoms with Crippen molar-refractivity contribution in [3.8, 4) is 0 Å². The molecule has 1 atom stereocenters. The van der Waals surface area contributed by atoms with Crippen LogP contribution in [-0.4, -0.2) is 41.9 Å². The monoisotopic (exact) mass is 227 g/mol. The summed E-state index contributed by atoms with van der Waals surface area (Å²) in [5, 5.41) is 8.76. The van der Waals surface area contributed by atoms with Crippen LogP contribution < -0.4 is 0 Å². The lowest BCUT2D eigenvalue weighted by Gasteiger charge is -2.12. The van der Waals surface area contributed by atoms with Crippen LogP contribution in [0.5, 0.6) is 0 Å². The van der Waals surface area contributed by atoms with Crippen molar-refractivity contribution in [3.05, 3.63) is 12.7 Å². The number of likely N-dealkylation sites (tertiary alicyclic amines) is 1. The Bertz CT molecular complexity index is 230. The number of nitrogens with zero attached hydrogens (tertiary/aromatic N) is 1. The summed E-state index contributed by atoms with van der Waals surface area (Å²) in [5.41, 5.74) is 0. The van der Waals surface area contributed by atoms with Crippen molar-refractivity contribution in [2.45, 2.75) is 38.2 Å². The van der Waals surface area contributed by atoms with Gasteiger partial charge in [0.15, 0.2) is 0 Å². The molecule has 1 N–H and O–H groups in total. The first-order valence-electron chi connectivity index (χ1n) is 5.94. The van der Waals surface area contributed by atoms with E-state index in [2.05, 4.69) is 6.58 Å². The van der Waals surface area contributed by atoms with E-state index in [0.29, 0.717) is 13.1 Å². The van der Waals surface area contributed by atoms with Crippen molar-refractivity contribution >= 4 is 6.09 Å². The van der Waals surface area contributed by atoms with E-state index in [0.717, 1.165) is 32.3 Å². The van der Waals surface area contributed by atoms with Crippen LogP contribution in [0.2, 0.25) is 0 Å². The Labute approximate surface area is 96.9 Å². The Morgan fingerprint density at radius 1 is 1.50 bits per heavy atom. The molecule has 1 heterocycles. The number of hydrogen-bond acceptors (Lipinski definition) is 2. The Hall–Kier alpha value is -1.03. The number of allylic oxidation sites excluding steroid dienone is 1. The van der Waals surface area contributed by atoms with Gasteiger partial charge in [-0.05, 0) is 25.7 Å². The van der Waals surface area contributed by atoms with Gasteiger partial charge in [0.05, 0.1) is 12.6 Å². The van der Waals surface area contributed by atoms with Gasteiger partial charge in [0.1, 0.15) is 0 Å². The van der Waals surface area contributed by atoms with Crippen molar-refractivity contribution < 1.29 is 14.6 Å². The minimum atomic E-state index is -0.836. The van der Waals surface area contributed by atoms with Gasteiger partial charge in [0, 0.05) is 13.2 Å². The van der Waals surface area contributed by atoms with Crippen LogP contribution in [0.4, 0.5) is 4.79 Å². The topological polar surface area (TPSA) is 49.8 Å². The van der Waals surface area contributed by atoms with Gasteiger partial charge in [-0.3, -0.25) is 0 Å². The summed E-state index contributed by atoms with van der Waals surface area (Å²) in [7, 11) is 0. The molecular formula is C12H21NO3. The van der Waals surface area contributed by atoms with Gasteiger partial charge in [-0.25, -0.2) is 4.79 Å². The van der Waals surface area contributed by atoms with Crippen LogP contribution in [0.1, 0.15) is 32.1 Å². The zero-order valence-corrected chi connectivity index (χ0v) is 9.73. The molecule has 0 aliphatic carbocycles. The van der Waals surface area contributed by atoms with Crippen molar-refractivity contribution in [3.63, 3.8) is 0 Å². The molecule has 0 radical (unpaired) electrons. The lowest BCUT2D eigenvalue weighted by molar-refractivity contribution is 0.0561. The number of carbonyl (C=O) groups is 1. The van der Waals surface area contributed by atoms with Crippen molar-refractivity contribution in [1.82, 2.24) is 4.90 Å². The van der Waals surface area contributed by atoms with Gasteiger partial charge in [-0.15, -0.1) is 6.58 Å². The number of carboxylic acid groups (broad SMARTS) is 1. The summed E-state index contributed by atoms with van der Waals surface area (Å²) in [4.78, 5) is 12.1. The third-order valence-electron chi connectivity index (χ3n) is 2.82. The largest absolute Gasteiger partial charge is 0.465 e. The maximum atomic E-state index is 10.7. The zero-order valence-electron chi connectivity index (χ0n) is 9.73. The average Bonchev–Trinajstić information content (AvgIpc) is 2.72. The van der Waals surface area contributed by atoms with Crippen LogP contribution in [0.3, 0.4) is 0 Å². The maximum Gasteiger partial charge on any atom is 0.407 e. The van der Waals surface area contributed by atoms with Crippen LogP contribution in [0.25, 0.3) is 0 Å². The molecule has 1 rings (SSSR count). The fraction of sp³-hybridized carbons (Fsp3) is 0.750. The average molecular weight is 227 g/mol. The smallest absolute Gasteiger partial charge is 0.407 e. The molecule has 1 amide bonds. The van der Waals surface area contributed by atoms with Crippen LogP contribution in [0.15, 0.2) is 12.7 Å². The number of rotatable bonds is 7. The highest BCUT2D eigenvalue weighted by molar-refractivity contribution is 5.65. The second-order valence-corrected chi connectivity index (χ2v) is 4.15. The molecule has 1 fully saturated rings. The highest BCUT2D eigenvalue weighted by atomic mass is 16.5. The SMILES string of the molecule is C=CCCCCCOC1CCN(C(=O)O)C1. The number of unbranched alkanes of at least 4 members (excludes halogenated alkanes) is 3. The maximum absolute atomic E-state index is 10.7. The standard InChI is InChI=1S/C12H21NO3/c1-2-3-4-5-6-9-16-11-7-8-13(10-11)12(14)15/h2,11H,1,3-10H2,(H,14,15). The Morgan fingerprint density at radius 3 is 2.94 bits per heavy atom. The van der Waals surface area contributed by atoms with E-state index in [4.69, 9.17) is 9.84 Å². The predicted octanol–water partition coefficient (Wildman–Crippen LogP) is 2.50. The zero-order chi connectivity index (χ0) is 11.8. The molecule has 0 spiro atoms. The molecule has 1 unspecified atom stereocenters. The molecule has 1 saturated heterocycles. The van der Waals surface area contributed by atoms with E-state index < -0.39 is 6.09 Å². The van der Waals surface area contributed by atoms with E-state index in [1.54, 1.807) is 0 Å². The molecular weight excluding hydrogens is 206 g/mol. The van der Waals surface area contributed by atoms with Gasteiger partial charge in [0.2, 0.25) is 0 Å². The highest BCUT2D eigenvalue weighted by Gasteiger charge is 2.25. The lowest BCUT2D eigenvalue weighted by atomic mass is 10.2. The normalized spacial score (nSPS) is 20.0. The summed E-state index contributed by atoms with van der Waals surface area (Å²) in [6.45, 7) is 5.56. The minimum absolute atomic E-state index is 0.107. The highest BCUT2D eigenvalue weighted by Crippen LogP contribution is 2.13. The summed E-state index contributed by atoms with van der Waals surface area (Å²) >= 11 is 0. The minimum Gasteiger partial charge on any atom is -0.465 e. The third-order valence-corrected chi connectivity index (χ3v) is 2.82. The molecule has 1 aliphatic rings. The van der Waals surface area contributed by atoms with Crippen LogP contribution in [0, 0.1) is 0 Å². The third kappa shape index (κ3) is 4.66. The lowest BCUT2D eigenvalue weighted by Crippen LogP contribution is -2.28. The first kappa shape index (κ1) is 13.0.